The molecule has 0 spiro atoms. The Morgan fingerprint density at radius 3 is 2.30 bits per heavy atom. The van der Waals surface area contributed by atoms with E-state index in [1.807, 2.05) is 26.0 Å². The van der Waals surface area contributed by atoms with E-state index in [2.05, 4.69) is 49.4 Å². The van der Waals surface area contributed by atoms with Crippen molar-refractivity contribution in [3.63, 3.8) is 0 Å². The molecule has 0 radical (unpaired) electrons. The van der Waals surface area contributed by atoms with Crippen molar-refractivity contribution < 1.29 is 27.6 Å². The molecule has 10 heteroatoms. The van der Waals surface area contributed by atoms with E-state index in [4.69, 9.17) is 6.57 Å². The summed E-state index contributed by atoms with van der Waals surface area (Å²) in [5.74, 6) is -0.935. The molecule has 7 nitrogen and oxygen atoms in total. The molecule has 0 N–H and O–H groups in total. The van der Waals surface area contributed by atoms with Gasteiger partial charge in [0.2, 0.25) is 11.6 Å². The standard InChI is InChI=1S/C40H45F3N4O3/c1-34(2)13-15-39(33(50)47-21-27(46-22-47)25-10-9-23(20-45-25)40(41,42)43)16-14-38(7)31(24(39)18-34)28(48)17-30-36(5)19-26(44-8)32(49)35(3,4)29(36)11-12-37(30,38)6/h9-10,17,19-22,24,29,31H,11-16,18H2,1-7H3/t24?,29?,31-,36-,37+,38+,39-/m0/s1. The fourth-order valence-electron chi connectivity index (χ4n) is 11.5. The van der Waals surface area contributed by atoms with Gasteiger partial charge in [0.25, 0.3) is 0 Å². The second-order valence-corrected chi connectivity index (χ2v) is 17.8. The molecule has 2 aromatic heterocycles. The predicted octanol–water partition coefficient (Wildman–Crippen LogP) is 9.18. The number of pyridine rings is 1. The maximum absolute atomic E-state index is 14.8. The Balaban J connectivity index is 1.30. The lowest BCUT2D eigenvalue weighted by molar-refractivity contribution is -0.164. The van der Waals surface area contributed by atoms with Crippen molar-refractivity contribution in [1.82, 2.24) is 14.5 Å². The van der Waals surface area contributed by atoms with Crippen molar-refractivity contribution in [2.45, 2.75) is 99.6 Å². The maximum atomic E-state index is 14.8. The van der Waals surface area contributed by atoms with E-state index in [0.29, 0.717) is 31.4 Å². The summed E-state index contributed by atoms with van der Waals surface area (Å²) in [7, 11) is 0. The van der Waals surface area contributed by atoms with E-state index < -0.39 is 44.7 Å². The molecule has 0 bridgehead atoms. The fraction of sp³-hybridized carbons (Fsp3) is 0.600. The highest BCUT2D eigenvalue weighted by atomic mass is 19.4. The average Bonchev–Trinajstić information content (AvgIpc) is 3.53. The zero-order valence-corrected chi connectivity index (χ0v) is 29.9. The van der Waals surface area contributed by atoms with E-state index in [1.165, 1.54) is 17.0 Å². The number of aromatic nitrogens is 3. The van der Waals surface area contributed by atoms with Gasteiger partial charge in [0.1, 0.15) is 12.0 Å². The Kier molecular flexibility index (Phi) is 7.32. The Hall–Kier alpha value is -3.87. The summed E-state index contributed by atoms with van der Waals surface area (Å²) < 4.78 is 40.9. The topological polar surface area (TPSA) is 86.3 Å². The highest BCUT2D eigenvalue weighted by molar-refractivity contribution is 6.03. The average molecular weight is 687 g/mol. The Bertz CT molecular complexity index is 1930. The van der Waals surface area contributed by atoms with Gasteiger partial charge in [-0.15, -0.1) is 0 Å². The second-order valence-electron chi connectivity index (χ2n) is 17.8. The van der Waals surface area contributed by atoms with Gasteiger partial charge in [0, 0.05) is 29.1 Å². The molecule has 7 rings (SSSR count). The van der Waals surface area contributed by atoms with Crippen molar-refractivity contribution in [2.24, 2.45) is 50.2 Å². The van der Waals surface area contributed by atoms with E-state index in [0.717, 1.165) is 37.1 Å². The van der Waals surface area contributed by atoms with Crippen molar-refractivity contribution in [2.75, 3.05) is 0 Å². The summed E-state index contributed by atoms with van der Waals surface area (Å²) >= 11 is 0. The summed E-state index contributed by atoms with van der Waals surface area (Å²) in [5, 5.41) is 0. The van der Waals surface area contributed by atoms with Gasteiger partial charge >= 0.3 is 6.18 Å². The van der Waals surface area contributed by atoms with E-state index in [1.54, 1.807) is 6.20 Å². The lowest BCUT2D eigenvalue weighted by Crippen LogP contribution is -2.66. The van der Waals surface area contributed by atoms with Crippen LogP contribution in [0.15, 0.2) is 54.3 Å². The fourth-order valence-corrected chi connectivity index (χ4v) is 11.5. The molecule has 2 unspecified atom stereocenters. The van der Waals surface area contributed by atoms with Crippen molar-refractivity contribution in [3.8, 4) is 11.4 Å². The molecule has 264 valence electrons. The van der Waals surface area contributed by atoms with Crippen LogP contribution in [0.2, 0.25) is 0 Å². The largest absolute Gasteiger partial charge is 0.417 e. The third kappa shape index (κ3) is 4.56. The van der Waals surface area contributed by atoms with Crippen LogP contribution in [-0.2, 0) is 15.8 Å². The SMILES string of the molecule is [C-]#[N+]C1=C[C@]2(C)C3=CC(=O)[C@@H]4C5CC(C)(C)CC[C@]5(C(=O)n5cnc(-c6ccc(C(F)(F)F)cn6)c5)CC[C@@]4(C)[C@]3(C)CCC2C(C)(C)C1=O. The molecule has 5 aliphatic carbocycles. The number of ketones is 2. The second kappa shape index (κ2) is 10.6. The number of hydrogen-bond donors (Lipinski definition) is 0. The molecule has 0 aromatic carbocycles. The number of carbonyl (C=O) groups excluding carboxylic acids is 3. The predicted molar refractivity (Wildman–Crippen MR) is 181 cm³/mol. The van der Waals surface area contributed by atoms with E-state index in [9.17, 15) is 27.6 Å². The maximum Gasteiger partial charge on any atom is 0.417 e. The smallest absolute Gasteiger partial charge is 0.307 e. The summed E-state index contributed by atoms with van der Waals surface area (Å²) in [5.41, 5.74) is -2.31. The molecule has 2 aromatic rings. The van der Waals surface area contributed by atoms with Crippen LogP contribution in [0.1, 0.15) is 104 Å². The quantitative estimate of drug-likeness (QED) is 0.294. The third-order valence-electron chi connectivity index (χ3n) is 14.4. The third-order valence-corrected chi connectivity index (χ3v) is 14.4. The summed E-state index contributed by atoms with van der Waals surface area (Å²) in [4.78, 5) is 55.0. The first kappa shape index (κ1) is 34.6. The molecule has 2 heterocycles. The number of alkyl halides is 3. The normalized spacial score (nSPS) is 37.3. The van der Waals surface area contributed by atoms with Crippen LogP contribution < -0.4 is 0 Å². The molecular weight excluding hydrogens is 641 g/mol. The molecule has 50 heavy (non-hydrogen) atoms. The van der Waals surface area contributed by atoms with Crippen LogP contribution >= 0.6 is 0 Å². The number of Topliss-reactive ketones (excluding diaryl/α,β-unsaturated/α-hetero) is 1. The van der Waals surface area contributed by atoms with E-state index >= 15 is 0 Å². The monoisotopic (exact) mass is 686 g/mol. The van der Waals surface area contributed by atoms with Crippen LogP contribution in [0.5, 0.6) is 0 Å². The molecule has 3 fully saturated rings. The molecule has 0 saturated heterocycles. The van der Waals surface area contributed by atoms with Gasteiger partial charge in [-0.05, 0) is 91.2 Å². The zero-order chi connectivity index (χ0) is 36.4. The summed E-state index contributed by atoms with van der Waals surface area (Å²) in [6, 6.07) is 2.22. The zero-order valence-electron chi connectivity index (χ0n) is 29.9. The molecule has 7 atom stereocenters. The lowest BCUT2D eigenvalue weighted by atomic mass is 9.34. The lowest BCUT2D eigenvalue weighted by Gasteiger charge is -2.69. The number of carbonyl (C=O) groups is 3. The Labute approximate surface area is 291 Å². The van der Waals surface area contributed by atoms with E-state index in [-0.39, 0.29) is 46.1 Å². The first-order chi connectivity index (χ1) is 23.1. The molecular formula is C40H45F3N4O3. The number of nitrogens with zero attached hydrogens (tertiary/aromatic N) is 4. The highest BCUT2D eigenvalue weighted by Crippen LogP contribution is 2.74. The molecule has 0 amide bonds. The van der Waals surface area contributed by atoms with Crippen LogP contribution in [0.4, 0.5) is 13.2 Å². The number of halogens is 3. The minimum atomic E-state index is -4.51. The van der Waals surface area contributed by atoms with Gasteiger partial charge in [-0.25, -0.2) is 9.83 Å². The van der Waals surface area contributed by atoms with Gasteiger partial charge in [-0.2, -0.15) is 13.2 Å². The van der Waals surface area contributed by atoms with Crippen LogP contribution in [0.25, 0.3) is 16.2 Å². The summed E-state index contributed by atoms with van der Waals surface area (Å²) in [6.45, 7) is 22.7. The van der Waals surface area contributed by atoms with Gasteiger partial charge in [0.15, 0.2) is 11.6 Å². The number of allylic oxidation sites excluding steroid dienone is 4. The summed E-state index contributed by atoms with van der Waals surface area (Å²) in [6.07, 6.45) is 7.91. The van der Waals surface area contributed by atoms with Crippen LogP contribution in [0, 0.1) is 56.8 Å². The first-order valence-electron chi connectivity index (χ1n) is 17.7. The van der Waals surface area contributed by atoms with Gasteiger partial charge < -0.3 is 4.79 Å². The van der Waals surface area contributed by atoms with Crippen molar-refractivity contribution >= 4 is 17.5 Å². The van der Waals surface area contributed by atoms with Crippen molar-refractivity contribution in [1.29, 1.82) is 0 Å². The number of rotatable bonds is 2. The number of fused-ring (bicyclic) bond motifs is 7. The molecule has 5 aliphatic rings. The highest BCUT2D eigenvalue weighted by Gasteiger charge is 2.71. The molecule has 3 saturated carbocycles. The van der Waals surface area contributed by atoms with Crippen LogP contribution in [0.3, 0.4) is 0 Å². The van der Waals surface area contributed by atoms with Gasteiger partial charge in [0.05, 0.1) is 23.2 Å². The number of imidazole rings is 1. The Morgan fingerprint density at radius 2 is 1.66 bits per heavy atom. The first-order valence-corrected chi connectivity index (χ1v) is 17.7. The Morgan fingerprint density at radius 1 is 0.960 bits per heavy atom. The van der Waals surface area contributed by atoms with Gasteiger partial charge in [-0.3, -0.25) is 19.1 Å². The minimum absolute atomic E-state index is 0.0224. The van der Waals surface area contributed by atoms with Crippen LogP contribution in [-0.4, -0.2) is 32.0 Å². The molecule has 0 aliphatic heterocycles. The van der Waals surface area contributed by atoms with Crippen molar-refractivity contribution in [3.05, 3.63) is 71.3 Å². The van der Waals surface area contributed by atoms with Gasteiger partial charge in [-0.1, -0.05) is 60.1 Å². The minimum Gasteiger partial charge on any atom is -0.307 e. The number of hydrogen-bond acceptors (Lipinski definition) is 5.